The molecule has 1 N–H and O–H groups in total. The summed E-state index contributed by atoms with van der Waals surface area (Å²) < 4.78 is 34.0. The molecule has 0 aromatic heterocycles. The van der Waals surface area contributed by atoms with Crippen molar-refractivity contribution < 1.29 is 21.9 Å². The molecule has 1 atom stereocenters. The molecule has 5 nitrogen and oxygen atoms in total. The Balaban J connectivity index is 2.55. The van der Waals surface area contributed by atoms with E-state index in [1.807, 2.05) is 6.92 Å². The molecule has 0 aliphatic rings. The molecule has 0 amide bonds. The maximum absolute atomic E-state index is 12.1. The highest BCUT2D eigenvalue weighted by Gasteiger charge is 2.34. The lowest BCUT2D eigenvalue weighted by Crippen LogP contribution is -2.36. The largest absolute Gasteiger partial charge is 0.451 e. The van der Waals surface area contributed by atoms with Crippen LogP contribution in [-0.2, 0) is 14.6 Å². The Morgan fingerprint density at radius 1 is 0.917 bits per heavy atom. The van der Waals surface area contributed by atoms with Crippen LogP contribution < -0.4 is 4.18 Å². The van der Waals surface area contributed by atoms with Crippen LogP contribution in [0, 0.1) is 0 Å². The van der Waals surface area contributed by atoms with Gasteiger partial charge in [0.1, 0.15) is 5.75 Å². The Bertz CT molecular complexity index is 544. The Morgan fingerprint density at radius 3 is 2.17 bits per heavy atom. The number of para-hydroxylation sites is 1. The summed E-state index contributed by atoms with van der Waals surface area (Å²) in [7, 11) is -4.32. The molecule has 6 heteroatoms. The van der Waals surface area contributed by atoms with Crippen molar-refractivity contribution in [2.75, 3.05) is 0 Å². The zero-order chi connectivity index (χ0) is 17.9. The Kier molecular flexibility index (Phi) is 9.33. The van der Waals surface area contributed by atoms with Gasteiger partial charge in [0, 0.05) is 12.8 Å². The summed E-state index contributed by atoms with van der Waals surface area (Å²) in [5.74, 6) is -1.54. The van der Waals surface area contributed by atoms with Gasteiger partial charge in [-0.2, -0.15) is 8.42 Å². The minimum absolute atomic E-state index is 0.163. The number of aliphatic hydroxyl groups is 1. The third-order valence-electron chi connectivity index (χ3n) is 3.76. The molecule has 0 radical (unpaired) electrons. The smallest absolute Gasteiger partial charge is 0.364 e. The first-order valence-corrected chi connectivity index (χ1v) is 10.2. The van der Waals surface area contributed by atoms with Gasteiger partial charge in [-0.25, -0.2) is 4.18 Å². The summed E-state index contributed by atoms with van der Waals surface area (Å²) in [6, 6.07) is 8.13. The summed E-state index contributed by atoms with van der Waals surface area (Å²) in [6.45, 7) is 4.03. The number of rotatable bonds is 13. The van der Waals surface area contributed by atoms with Gasteiger partial charge in [-0.15, -0.1) is 0 Å². The SMILES string of the molecule is CCCCCCCCC(O)(CCC)OS(=O)(=O)Oc1ccccc1. The topological polar surface area (TPSA) is 72.8 Å². The van der Waals surface area contributed by atoms with Gasteiger partial charge < -0.3 is 9.29 Å². The van der Waals surface area contributed by atoms with E-state index in [-0.39, 0.29) is 18.6 Å². The van der Waals surface area contributed by atoms with Crippen molar-refractivity contribution in [1.82, 2.24) is 0 Å². The van der Waals surface area contributed by atoms with Crippen LogP contribution in [-0.4, -0.2) is 19.3 Å². The van der Waals surface area contributed by atoms with Crippen LogP contribution in [0.4, 0.5) is 0 Å². The molecule has 1 rings (SSSR count). The summed E-state index contributed by atoms with van der Waals surface area (Å²) in [5, 5.41) is 10.5. The van der Waals surface area contributed by atoms with E-state index in [1.165, 1.54) is 31.4 Å². The quantitative estimate of drug-likeness (QED) is 0.413. The normalized spacial score (nSPS) is 14.3. The van der Waals surface area contributed by atoms with E-state index in [4.69, 9.17) is 8.37 Å². The second kappa shape index (κ2) is 10.7. The molecule has 0 saturated heterocycles. The van der Waals surface area contributed by atoms with Crippen molar-refractivity contribution in [3.8, 4) is 5.75 Å². The molecular formula is C18H30O5S. The number of hydrogen-bond donors (Lipinski definition) is 1. The second-order valence-corrected chi connectivity index (χ2v) is 7.25. The third kappa shape index (κ3) is 8.66. The van der Waals surface area contributed by atoms with Crippen molar-refractivity contribution in [2.24, 2.45) is 0 Å². The van der Waals surface area contributed by atoms with Crippen LogP contribution in [0.3, 0.4) is 0 Å². The Hall–Kier alpha value is -1.11. The average molecular weight is 359 g/mol. The zero-order valence-corrected chi connectivity index (χ0v) is 15.6. The molecule has 0 saturated carbocycles. The lowest BCUT2D eigenvalue weighted by atomic mass is 10.0. The molecule has 0 spiro atoms. The molecule has 0 heterocycles. The third-order valence-corrected chi connectivity index (χ3v) is 4.67. The molecule has 1 unspecified atom stereocenters. The molecule has 1 aromatic carbocycles. The van der Waals surface area contributed by atoms with Crippen molar-refractivity contribution in [3.05, 3.63) is 30.3 Å². The van der Waals surface area contributed by atoms with Gasteiger partial charge in [0.05, 0.1) is 0 Å². The fourth-order valence-electron chi connectivity index (χ4n) is 2.58. The lowest BCUT2D eigenvalue weighted by molar-refractivity contribution is -0.149. The van der Waals surface area contributed by atoms with E-state index in [2.05, 4.69) is 6.92 Å². The van der Waals surface area contributed by atoms with Gasteiger partial charge in [-0.3, -0.25) is 0 Å². The number of unbranched alkanes of at least 4 members (excludes halogenated alkanes) is 5. The lowest BCUT2D eigenvalue weighted by Gasteiger charge is -2.26. The fraction of sp³-hybridized carbons (Fsp3) is 0.667. The van der Waals surface area contributed by atoms with Crippen LogP contribution >= 0.6 is 0 Å². The van der Waals surface area contributed by atoms with Crippen LogP contribution in [0.15, 0.2) is 30.3 Å². The van der Waals surface area contributed by atoms with E-state index < -0.39 is 16.2 Å². The highest BCUT2D eigenvalue weighted by Crippen LogP contribution is 2.26. The van der Waals surface area contributed by atoms with Crippen LogP contribution in [0.5, 0.6) is 5.75 Å². The first kappa shape index (κ1) is 20.9. The molecule has 1 aromatic rings. The number of benzene rings is 1. The van der Waals surface area contributed by atoms with Crippen molar-refractivity contribution in [1.29, 1.82) is 0 Å². The highest BCUT2D eigenvalue weighted by molar-refractivity contribution is 7.82. The summed E-state index contributed by atoms with van der Waals surface area (Å²) >= 11 is 0. The zero-order valence-electron chi connectivity index (χ0n) is 14.7. The van der Waals surface area contributed by atoms with Crippen molar-refractivity contribution in [2.45, 2.75) is 77.4 Å². The van der Waals surface area contributed by atoms with Gasteiger partial charge in [-0.1, -0.05) is 70.6 Å². The van der Waals surface area contributed by atoms with Gasteiger partial charge in [0.25, 0.3) is 0 Å². The van der Waals surface area contributed by atoms with Gasteiger partial charge in [-0.05, 0) is 18.6 Å². The maximum atomic E-state index is 12.1. The minimum Gasteiger partial charge on any atom is -0.364 e. The van der Waals surface area contributed by atoms with E-state index in [0.717, 1.165) is 19.3 Å². The monoisotopic (exact) mass is 358 g/mol. The van der Waals surface area contributed by atoms with Crippen molar-refractivity contribution in [3.63, 3.8) is 0 Å². The number of hydrogen-bond acceptors (Lipinski definition) is 5. The second-order valence-electron chi connectivity index (χ2n) is 6.10. The summed E-state index contributed by atoms with van der Waals surface area (Å²) in [5.41, 5.74) is 0. The van der Waals surface area contributed by atoms with Crippen LogP contribution in [0.25, 0.3) is 0 Å². The highest BCUT2D eigenvalue weighted by atomic mass is 32.3. The molecule has 0 aliphatic carbocycles. The summed E-state index contributed by atoms with van der Waals surface area (Å²) in [6.07, 6.45) is 7.46. The fourth-order valence-corrected chi connectivity index (χ4v) is 3.51. The predicted octanol–water partition coefficient (Wildman–Crippen LogP) is 4.57. The standard InChI is InChI=1S/C18H30O5S/c1-3-5-6-7-8-12-16-18(19,15-4-2)23-24(20,21)22-17-13-10-9-11-14-17/h9-11,13-14,19H,3-8,12,15-16H2,1-2H3. The Labute approximate surface area is 146 Å². The van der Waals surface area contributed by atoms with E-state index >= 15 is 0 Å². The van der Waals surface area contributed by atoms with Gasteiger partial charge in [0.2, 0.25) is 0 Å². The van der Waals surface area contributed by atoms with Gasteiger partial charge in [0.15, 0.2) is 5.79 Å². The maximum Gasteiger partial charge on any atom is 0.451 e. The van der Waals surface area contributed by atoms with E-state index in [9.17, 15) is 13.5 Å². The van der Waals surface area contributed by atoms with Crippen molar-refractivity contribution >= 4 is 10.4 Å². The Morgan fingerprint density at radius 2 is 1.54 bits per heavy atom. The van der Waals surface area contributed by atoms with Crippen LogP contribution in [0.1, 0.15) is 71.6 Å². The molecule has 0 aliphatic heterocycles. The first-order chi connectivity index (χ1) is 11.4. The minimum atomic E-state index is -4.32. The van der Waals surface area contributed by atoms with Gasteiger partial charge >= 0.3 is 10.4 Å². The molecule has 138 valence electrons. The molecule has 0 fully saturated rings. The average Bonchev–Trinajstić information content (AvgIpc) is 2.51. The molecule has 24 heavy (non-hydrogen) atoms. The molecular weight excluding hydrogens is 328 g/mol. The summed E-state index contributed by atoms with van der Waals surface area (Å²) in [4.78, 5) is 0. The predicted molar refractivity (Wildman–Crippen MR) is 94.9 cm³/mol. The van der Waals surface area contributed by atoms with E-state index in [0.29, 0.717) is 6.42 Å². The van der Waals surface area contributed by atoms with E-state index in [1.54, 1.807) is 18.2 Å². The first-order valence-electron chi connectivity index (χ1n) is 8.83. The van der Waals surface area contributed by atoms with Crippen LogP contribution in [0.2, 0.25) is 0 Å². The molecule has 0 bridgehead atoms.